The first kappa shape index (κ1) is 18.4. The Labute approximate surface area is 183 Å². The van der Waals surface area contributed by atoms with E-state index in [2.05, 4.69) is 0 Å². The first-order valence-corrected chi connectivity index (χ1v) is 10.5. The van der Waals surface area contributed by atoms with E-state index in [0.717, 1.165) is 22.3 Å². The maximum Gasteiger partial charge on any atom is 0.265 e. The molecular formula is C26H19N5O. The summed E-state index contributed by atoms with van der Waals surface area (Å²) in [6, 6.07) is 27.5. The molecule has 0 saturated heterocycles. The molecule has 0 aliphatic heterocycles. The van der Waals surface area contributed by atoms with E-state index in [9.17, 15) is 4.79 Å². The van der Waals surface area contributed by atoms with Crippen molar-refractivity contribution in [2.45, 2.75) is 13.5 Å². The number of fused-ring (bicyclic) bond motifs is 4. The van der Waals surface area contributed by atoms with Crippen LogP contribution in [0.5, 0.6) is 0 Å². The van der Waals surface area contributed by atoms with E-state index in [0.29, 0.717) is 34.6 Å². The van der Waals surface area contributed by atoms with Crippen LogP contribution in [0.2, 0.25) is 0 Å². The number of aryl methyl sites for hydroxylation is 1. The lowest BCUT2D eigenvalue weighted by atomic mass is 10.2. The molecule has 154 valence electrons. The summed E-state index contributed by atoms with van der Waals surface area (Å²) in [7, 11) is 0. The van der Waals surface area contributed by atoms with Crippen molar-refractivity contribution in [1.29, 1.82) is 0 Å². The molecule has 0 aliphatic carbocycles. The highest BCUT2D eigenvalue weighted by atomic mass is 16.1. The Morgan fingerprint density at radius 1 is 0.719 bits per heavy atom. The third-order valence-corrected chi connectivity index (χ3v) is 5.75. The predicted octanol–water partition coefficient (Wildman–Crippen LogP) is 4.64. The lowest BCUT2D eigenvalue weighted by Gasteiger charge is -2.11. The Balaban J connectivity index is 1.74. The van der Waals surface area contributed by atoms with E-state index < -0.39 is 0 Å². The largest absolute Gasteiger partial charge is 0.292 e. The zero-order valence-electron chi connectivity index (χ0n) is 17.4. The van der Waals surface area contributed by atoms with Gasteiger partial charge in [-0.25, -0.2) is 15.0 Å². The lowest BCUT2D eigenvalue weighted by Crippen LogP contribution is -2.24. The number of nitrogens with zero attached hydrogens (tertiary/aromatic N) is 5. The van der Waals surface area contributed by atoms with Crippen molar-refractivity contribution in [2.24, 2.45) is 0 Å². The Morgan fingerprint density at radius 3 is 2.06 bits per heavy atom. The van der Waals surface area contributed by atoms with Crippen LogP contribution in [0.15, 0.2) is 89.7 Å². The minimum atomic E-state index is -0.111. The van der Waals surface area contributed by atoms with Crippen molar-refractivity contribution in [3.63, 3.8) is 0 Å². The summed E-state index contributed by atoms with van der Waals surface area (Å²) in [6.45, 7) is 2.32. The zero-order chi connectivity index (χ0) is 21.7. The molecule has 0 saturated carbocycles. The van der Waals surface area contributed by atoms with Crippen molar-refractivity contribution >= 4 is 33.2 Å². The van der Waals surface area contributed by atoms with Crippen molar-refractivity contribution in [3.8, 4) is 5.69 Å². The van der Waals surface area contributed by atoms with Gasteiger partial charge in [0.15, 0.2) is 11.3 Å². The zero-order valence-corrected chi connectivity index (χ0v) is 17.4. The molecule has 3 aromatic heterocycles. The average molecular weight is 417 g/mol. The highest BCUT2D eigenvalue weighted by Crippen LogP contribution is 2.28. The summed E-state index contributed by atoms with van der Waals surface area (Å²) in [6.07, 6.45) is 0. The van der Waals surface area contributed by atoms with E-state index in [1.807, 2.05) is 96.4 Å². The molecule has 0 aliphatic rings. The SMILES string of the molecule is Cc1nc2c(c(=O)n1Cc1ccccc1)c1nc3ccccc3nc1n2-c1ccccc1. The minimum Gasteiger partial charge on any atom is -0.292 e. The van der Waals surface area contributed by atoms with Gasteiger partial charge in [-0.2, -0.15) is 0 Å². The molecule has 6 heteroatoms. The summed E-state index contributed by atoms with van der Waals surface area (Å²) in [5, 5.41) is 0.489. The van der Waals surface area contributed by atoms with Gasteiger partial charge in [-0.05, 0) is 36.8 Å². The molecule has 3 heterocycles. The standard InChI is InChI=1S/C26H19N5O/c1-17-27-24-22(26(32)30(17)16-18-10-4-2-5-11-18)23-25(31(24)19-12-6-3-7-13-19)29-21-15-9-8-14-20(21)28-23/h2-15H,16H2,1H3. The highest BCUT2D eigenvalue weighted by molar-refractivity contribution is 6.05. The van der Waals surface area contributed by atoms with Crippen molar-refractivity contribution in [3.05, 3.63) is 107 Å². The summed E-state index contributed by atoms with van der Waals surface area (Å²) in [5.41, 5.74) is 5.14. The molecule has 32 heavy (non-hydrogen) atoms. The molecule has 6 rings (SSSR count). The van der Waals surface area contributed by atoms with Crippen molar-refractivity contribution < 1.29 is 0 Å². The monoisotopic (exact) mass is 417 g/mol. The fourth-order valence-corrected chi connectivity index (χ4v) is 4.20. The quantitative estimate of drug-likeness (QED) is 0.421. The lowest BCUT2D eigenvalue weighted by molar-refractivity contribution is 0.711. The molecule has 0 spiro atoms. The van der Waals surface area contributed by atoms with E-state index in [4.69, 9.17) is 15.0 Å². The molecule has 0 radical (unpaired) electrons. The molecule has 0 N–H and O–H groups in total. The average Bonchev–Trinajstić information content (AvgIpc) is 3.14. The number of aromatic nitrogens is 5. The molecular weight excluding hydrogens is 398 g/mol. The van der Waals surface area contributed by atoms with Crippen molar-refractivity contribution in [1.82, 2.24) is 24.1 Å². The van der Waals surface area contributed by atoms with Crippen LogP contribution >= 0.6 is 0 Å². The second-order valence-corrected chi connectivity index (χ2v) is 7.79. The second kappa shape index (κ2) is 7.13. The molecule has 0 fully saturated rings. The minimum absolute atomic E-state index is 0.111. The van der Waals surface area contributed by atoms with Crippen LogP contribution in [-0.2, 0) is 6.54 Å². The maximum atomic E-state index is 13.8. The molecule has 0 amide bonds. The number of hydrogen-bond donors (Lipinski definition) is 0. The second-order valence-electron chi connectivity index (χ2n) is 7.79. The summed E-state index contributed by atoms with van der Waals surface area (Å²) < 4.78 is 3.65. The van der Waals surface area contributed by atoms with E-state index in [1.165, 1.54) is 0 Å². The van der Waals surface area contributed by atoms with Crippen LogP contribution in [0.25, 0.3) is 38.9 Å². The normalized spacial score (nSPS) is 11.5. The van der Waals surface area contributed by atoms with Gasteiger partial charge in [0, 0.05) is 5.69 Å². The van der Waals surface area contributed by atoms with E-state index >= 15 is 0 Å². The Hall–Kier alpha value is -4.32. The summed E-state index contributed by atoms with van der Waals surface area (Å²) >= 11 is 0. The third kappa shape index (κ3) is 2.80. The van der Waals surface area contributed by atoms with Gasteiger partial charge in [0.2, 0.25) is 0 Å². The van der Waals surface area contributed by atoms with Crippen LogP contribution in [0.3, 0.4) is 0 Å². The fraction of sp³-hybridized carbons (Fsp3) is 0.0769. The van der Waals surface area contributed by atoms with Gasteiger partial charge in [0.25, 0.3) is 5.56 Å². The van der Waals surface area contributed by atoms with Gasteiger partial charge in [-0.1, -0.05) is 60.7 Å². The predicted molar refractivity (Wildman–Crippen MR) is 126 cm³/mol. The fourth-order valence-electron chi connectivity index (χ4n) is 4.20. The highest BCUT2D eigenvalue weighted by Gasteiger charge is 2.22. The number of para-hydroxylation sites is 3. The number of hydrogen-bond acceptors (Lipinski definition) is 4. The van der Waals surface area contributed by atoms with Crippen LogP contribution in [0.1, 0.15) is 11.4 Å². The Bertz CT molecular complexity index is 1670. The molecule has 0 atom stereocenters. The van der Waals surface area contributed by atoms with Gasteiger partial charge in [-0.15, -0.1) is 0 Å². The van der Waals surface area contributed by atoms with Crippen LogP contribution in [0.4, 0.5) is 0 Å². The first-order chi connectivity index (χ1) is 15.7. The van der Waals surface area contributed by atoms with Crippen LogP contribution < -0.4 is 5.56 Å². The first-order valence-electron chi connectivity index (χ1n) is 10.5. The summed E-state index contributed by atoms with van der Waals surface area (Å²) in [4.78, 5) is 28.4. The van der Waals surface area contributed by atoms with Crippen LogP contribution in [-0.4, -0.2) is 24.1 Å². The Morgan fingerprint density at radius 2 is 1.34 bits per heavy atom. The smallest absolute Gasteiger partial charge is 0.265 e. The maximum absolute atomic E-state index is 13.8. The topological polar surface area (TPSA) is 65.6 Å². The number of rotatable bonds is 3. The molecule has 6 nitrogen and oxygen atoms in total. The van der Waals surface area contributed by atoms with Gasteiger partial charge in [0.05, 0.1) is 17.6 Å². The molecule has 3 aromatic carbocycles. The van der Waals surface area contributed by atoms with Crippen molar-refractivity contribution in [2.75, 3.05) is 0 Å². The van der Waals surface area contributed by atoms with E-state index in [-0.39, 0.29) is 5.56 Å². The van der Waals surface area contributed by atoms with Gasteiger partial charge in [0.1, 0.15) is 16.7 Å². The van der Waals surface area contributed by atoms with Gasteiger partial charge >= 0.3 is 0 Å². The van der Waals surface area contributed by atoms with E-state index in [1.54, 1.807) is 4.57 Å². The third-order valence-electron chi connectivity index (χ3n) is 5.75. The summed E-state index contributed by atoms with van der Waals surface area (Å²) in [5.74, 6) is 0.649. The molecule has 6 aromatic rings. The van der Waals surface area contributed by atoms with Gasteiger partial charge in [-0.3, -0.25) is 13.9 Å². The molecule has 0 unspecified atom stereocenters. The number of benzene rings is 3. The molecule has 0 bridgehead atoms. The van der Waals surface area contributed by atoms with Gasteiger partial charge < -0.3 is 0 Å². The van der Waals surface area contributed by atoms with Crippen LogP contribution in [0, 0.1) is 6.92 Å². The Kier molecular flexibility index (Phi) is 4.11.